The molecule has 0 unspecified atom stereocenters. The van der Waals surface area contributed by atoms with Gasteiger partial charge < -0.3 is 31.1 Å². The number of carbonyl (C=O) groups is 3. The predicted molar refractivity (Wildman–Crippen MR) is 119 cm³/mol. The van der Waals surface area contributed by atoms with Crippen LogP contribution in [0.15, 0.2) is 28.7 Å². The number of fused-ring (bicyclic) bond motifs is 3. The Bertz CT molecular complexity index is 1180. The van der Waals surface area contributed by atoms with Gasteiger partial charge in [-0.25, -0.2) is 0 Å². The third kappa shape index (κ3) is 2.98. The van der Waals surface area contributed by atoms with Crippen molar-refractivity contribution in [2.75, 3.05) is 19.0 Å². The molecule has 176 valence electrons. The number of anilines is 1. The van der Waals surface area contributed by atoms with E-state index in [1.807, 2.05) is 38.9 Å². The van der Waals surface area contributed by atoms with Gasteiger partial charge in [-0.1, -0.05) is 13.8 Å². The molecule has 1 amide bonds. The summed E-state index contributed by atoms with van der Waals surface area (Å²) >= 11 is 0. The summed E-state index contributed by atoms with van der Waals surface area (Å²) in [5, 5.41) is 43.6. The van der Waals surface area contributed by atoms with Crippen LogP contribution in [0.4, 0.5) is 5.69 Å². The number of nitrogens with zero attached hydrogens (tertiary/aromatic N) is 1. The highest BCUT2D eigenvalue weighted by Crippen LogP contribution is 2.53. The lowest BCUT2D eigenvalue weighted by atomic mass is 9.60. The van der Waals surface area contributed by atoms with Crippen LogP contribution in [0.25, 0.3) is 0 Å². The van der Waals surface area contributed by atoms with E-state index in [2.05, 4.69) is 0 Å². The number of hydrogen-bond acceptors (Lipinski definition) is 8. The molecule has 3 aliphatic carbocycles. The number of hydrogen-bond donors (Lipinski definition) is 5. The van der Waals surface area contributed by atoms with Crippen LogP contribution in [0.1, 0.15) is 54.1 Å². The zero-order valence-electron chi connectivity index (χ0n) is 19.0. The summed E-state index contributed by atoms with van der Waals surface area (Å²) in [6, 6.07) is 1.84. The minimum absolute atomic E-state index is 0.0431. The lowest BCUT2D eigenvalue weighted by molar-refractivity contribution is -0.144. The standard InChI is InChI=1S/C24H28N2O7/c1-9(2)12-8-14(26(3)4)13-6-10-5-11-7-15(27)18(23(25)32)22(31)24(11,33)21(30)16(10)20(29)17(13)19(12)28/h8-11,27-28,30,33H,5-7H2,1-4H3,(H2,25,32)/t10-,11+,24+/m1/s1. The van der Waals surface area contributed by atoms with Gasteiger partial charge in [0.25, 0.3) is 5.91 Å². The first kappa shape index (κ1) is 22.8. The van der Waals surface area contributed by atoms with Crippen LogP contribution in [0.5, 0.6) is 5.75 Å². The average molecular weight is 456 g/mol. The monoisotopic (exact) mass is 456 g/mol. The molecular formula is C24H28N2O7. The van der Waals surface area contributed by atoms with Gasteiger partial charge in [-0.15, -0.1) is 0 Å². The summed E-state index contributed by atoms with van der Waals surface area (Å²) in [7, 11) is 3.66. The molecule has 0 aromatic heterocycles. The zero-order valence-corrected chi connectivity index (χ0v) is 19.0. The number of primary amides is 1. The van der Waals surface area contributed by atoms with Crippen LogP contribution in [0.3, 0.4) is 0 Å². The van der Waals surface area contributed by atoms with E-state index in [0.717, 1.165) is 5.69 Å². The van der Waals surface area contributed by atoms with E-state index in [0.29, 0.717) is 11.1 Å². The Kier molecular flexibility index (Phi) is 5.09. The van der Waals surface area contributed by atoms with E-state index in [9.17, 15) is 34.8 Å². The Morgan fingerprint density at radius 2 is 1.82 bits per heavy atom. The number of aliphatic hydroxyl groups is 3. The number of benzene rings is 1. The van der Waals surface area contributed by atoms with Crippen molar-refractivity contribution in [3.63, 3.8) is 0 Å². The molecule has 33 heavy (non-hydrogen) atoms. The van der Waals surface area contributed by atoms with E-state index >= 15 is 0 Å². The fourth-order valence-electron chi connectivity index (χ4n) is 5.53. The third-order valence-electron chi connectivity index (χ3n) is 7.17. The van der Waals surface area contributed by atoms with Crippen molar-refractivity contribution in [2.24, 2.45) is 17.6 Å². The van der Waals surface area contributed by atoms with Crippen molar-refractivity contribution in [1.82, 2.24) is 0 Å². The van der Waals surface area contributed by atoms with E-state index in [1.54, 1.807) is 0 Å². The van der Waals surface area contributed by atoms with Crippen molar-refractivity contribution < 1.29 is 34.8 Å². The lowest BCUT2D eigenvalue weighted by Gasteiger charge is -2.46. The first-order chi connectivity index (χ1) is 15.3. The van der Waals surface area contributed by atoms with Gasteiger partial charge in [0.15, 0.2) is 11.4 Å². The molecule has 0 aliphatic heterocycles. The van der Waals surface area contributed by atoms with Gasteiger partial charge >= 0.3 is 0 Å². The number of carbonyl (C=O) groups excluding carboxylic acids is 3. The summed E-state index contributed by atoms with van der Waals surface area (Å²) in [5.74, 6) is -6.25. The third-order valence-corrected chi connectivity index (χ3v) is 7.17. The molecule has 0 saturated carbocycles. The maximum atomic E-state index is 13.7. The van der Waals surface area contributed by atoms with Crippen molar-refractivity contribution in [3.8, 4) is 5.75 Å². The van der Waals surface area contributed by atoms with Gasteiger partial charge in [0.05, 0.1) is 5.56 Å². The summed E-state index contributed by atoms with van der Waals surface area (Å²) in [4.78, 5) is 40.2. The second-order valence-corrected chi connectivity index (χ2v) is 9.65. The number of allylic oxidation sites excluding steroid dienone is 2. The molecule has 6 N–H and O–H groups in total. The van der Waals surface area contributed by atoms with E-state index < -0.39 is 52.0 Å². The largest absolute Gasteiger partial charge is 0.511 e. The number of phenols is 1. The van der Waals surface area contributed by atoms with Crippen molar-refractivity contribution in [1.29, 1.82) is 0 Å². The first-order valence-electron chi connectivity index (χ1n) is 10.9. The first-order valence-corrected chi connectivity index (χ1v) is 10.9. The average Bonchev–Trinajstić information content (AvgIpc) is 2.70. The van der Waals surface area contributed by atoms with Gasteiger partial charge in [-0.05, 0) is 41.9 Å². The van der Waals surface area contributed by atoms with Gasteiger partial charge in [0.2, 0.25) is 5.78 Å². The summed E-state index contributed by atoms with van der Waals surface area (Å²) in [5.41, 5.74) is 3.73. The molecule has 0 bridgehead atoms. The molecule has 0 heterocycles. The van der Waals surface area contributed by atoms with Crippen molar-refractivity contribution >= 4 is 23.2 Å². The van der Waals surface area contributed by atoms with Gasteiger partial charge in [0.1, 0.15) is 22.8 Å². The SMILES string of the molecule is CC(C)c1cc(N(C)C)c2c(c1O)C(=O)C1=C(O)[C@]3(O)C(=O)C(C(N)=O)=C(O)C[C@@H]3C[C@@H]1C2. The molecule has 0 radical (unpaired) electrons. The van der Waals surface area contributed by atoms with E-state index in [1.165, 1.54) is 0 Å². The number of aliphatic hydroxyl groups excluding tert-OH is 2. The molecule has 3 aliphatic rings. The molecule has 9 heteroatoms. The molecule has 1 aromatic rings. The molecule has 3 atom stereocenters. The Labute approximate surface area is 190 Å². The highest BCUT2D eigenvalue weighted by molar-refractivity contribution is 6.24. The van der Waals surface area contributed by atoms with Crippen LogP contribution in [0.2, 0.25) is 0 Å². The maximum Gasteiger partial charge on any atom is 0.255 e. The number of aromatic hydroxyl groups is 1. The fraction of sp³-hybridized carbons (Fsp3) is 0.458. The number of Topliss-reactive ketones (excluding diaryl/α,β-unsaturated/α-hetero) is 2. The number of amides is 1. The molecule has 4 rings (SSSR count). The lowest BCUT2D eigenvalue weighted by Crippen LogP contribution is -2.57. The number of phenolic OH excluding ortho intramolecular Hbond substituents is 1. The predicted octanol–water partition coefficient (Wildman–Crippen LogP) is 1.77. The van der Waals surface area contributed by atoms with Crippen LogP contribution >= 0.6 is 0 Å². The van der Waals surface area contributed by atoms with Gasteiger partial charge in [0, 0.05) is 37.7 Å². The molecular weight excluding hydrogens is 428 g/mol. The van der Waals surface area contributed by atoms with Gasteiger partial charge in [-0.2, -0.15) is 0 Å². The summed E-state index contributed by atoms with van der Waals surface area (Å²) in [6.45, 7) is 3.76. The second-order valence-electron chi connectivity index (χ2n) is 9.65. The van der Waals surface area contributed by atoms with Crippen molar-refractivity contribution in [3.05, 3.63) is 45.4 Å². The Balaban J connectivity index is 1.96. The van der Waals surface area contributed by atoms with Crippen LogP contribution in [-0.2, 0) is 16.0 Å². The van der Waals surface area contributed by atoms with Gasteiger partial charge in [-0.3, -0.25) is 14.4 Å². The molecule has 0 fully saturated rings. The fourth-order valence-corrected chi connectivity index (χ4v) is 5.53. The normalized spacial score (nSPS) is 26.8. The number of ketones is 2. The second kappa shape index (κ2) is 7.34. The summed E-state index contributed by atoms with van der Waals surface area (Å²) in [6.07, 6.45) is 0.157. The Morgan fingerprint density at radius 1 is 1.18 bits per heavy atom. The van der Waals surface area contributed by atoms with Crippen molar-refractivity contribution in [2.45, 2.75) is 44.6 Å². The molecule has 0 saturated heterocycles. The quantitative estimate of drug-likeness (QED) is 0.430. The van der Waals surface area contributed by atoms with Crippen LogP contribution in [0, 0.1) is 11.8 Å². The van der Waals surface area contributed by atoms with E-state index in [-0.39, 0.29) is 42.1 Å². The molecule has 9 nitrogen and oxygen atoms in total. The highest BCUT2D eigenvalue weighted by atomic mass is 16.3. The number of rotatable bonds is 3. The van der Waals surface area contributed by atoms with Crippen LogP contribution < -0.4 is 10.6 Å². The van der Waals surface area contributed by atoms with E-state index in [4.69, 9.17) is 5.73 Å². The molecule has 1 aromatic carbocycles. The van der Waals surface area contributed by atoms with Crippen LogP contribution in [-0.4, -0.2) is 57.6 Å². The topological polar surface area (TPSA) is 161 Å². The molecule has 0 spiro atoms. The minimum atomic E-state index is -2.55. The Morgan fingerprint density at radius 3 is 2.36 bits per heavy atom. The minimum Gasteiger partial charge on any atom is -0.511 e. The smallest absolute Gasteiger partial charge is 0.255 e. The zero-order chi connectivity index (χ0) is 24.6. The maximum absolute atomic E-state index is 13.7. The Hall–Kier alpha value is -3.33. The highest BCUT2D eigenvalue weighted by Gasteiger charge is 2.59. The number of nitrogens with two attached hydrogens (primary N) is 1. The summed E-state index contributed by atoms with van der Waals surface area (Å²) < 4.78 is 0.